The van der Waals surface area contributed by atoms with Gasteiger partial charge in [0.25, 0.3) is 0 Å². The van der Waals surface area contributed by atoms with E-state index in [-0.39, 0.29) is 17.9 Å². The number of hydrogen-bond acceptors (Lipinski definition) is 5. The molecular formula is C16H27N5O2. The van der Waals surface area contributed by atoms with Crippen molar-refractivity contribution in [2.45, 2.75) is 45.7 Å². The summed E-state index contributed by atoms with van der Waals surface area (Å²) in [5.41, 5.74) is -0.254. The van der Waals surface area contributed by atoms with Crippen LogP contribution in [0.25, 0.3) is 0 Å². The largest absolute Gasteiger partial charge is 0.395 e. The van der Waals surface area contributed by atoms with Gasteiger partial charge in [-0.1, -0.05) is 0 Å². The van der Waals surface area contributed by atoms with E-state index in [2.05, 4.69) is 33.5 Å². The first-order chi connectivity index (χ1) is 11.1. The van der Waals surface area contributed by atoms with Crippen LogP contribution in [0, 0.1) is 5.41 Å². The molecule has 3 rings (SSSR count). The Hall–Kier alpha value is -1.47. The number of aliphatic hydroxyl groups is 1. The van der Waals surface area contributed by atoms with Crippen molar-refractivity contribution in [3.63, 3.8) is 0 Å². The van der Waals surface area contributed by atoms with Crippen molar-refractivity contribution in [2.75, 3.05) is 32.8 Å². The summed E-state index contributed by atoms with van der Waals surface area (Å²) < 4.78 is 2.09. The first-order valence-corrected chi connectivity index (χ1v) is 8.57. The van der Waals surface area contributed by atoms with Gasteiger partial charge in [0, 0.05) is 25.7 Å². The Morgan fingerprint density at radius 3 is 2.91 bits per heavy atom. The standard InChI is InChI=1S/C16H27N5O2/c1-13(2)21-12-17-18-14(21)10-19-7-5-16(11-19)4-3-6-20(8-9-22)15(16)23/h12-13,22H,3-11H2,1-2H3/t16-/m0/s1. The van der Waals surface area contributed by atoms with E-state index in [1.165, 1.54) is 0 Å². The first kappa shape index (κ1) is 16.4. The van der Waals surface area contributed by atoms with Gasteiger partial charge in [0.05, 0.1) is 18.6 Å². The molecule has 128 valence electrons. The molecule has 0 unspecified atom stereocenters. The molecule has 0 radical (unpaired) electrons. The summed E-state index contributed by atoms with van der Waals surface area (Å²) in [4.78, 5) is 17.0. The number of amides is 1. The van der Waals surface area contributed by atoms with Crippen LogP contribution in [0.2, 0.25) is 0 Å². The highest BCUT2D eigenvalue weighted by Gasteiger charge is 2.48. The summed E-state index contributed by atoms with van der Waals surface area (Å²) in [5, 5.41) is 17.4. The third-order valence-electron chi connectivity index (χ3n) is 5.20. The molecule has 1 aromatic rings. The average molecular weight is 321 g/mol. The fourth-order valence-corrected chi connectivity index (χ4v) is 3.97. The highest BCUT2D eigenvalue weighted by molar-refractivity contribution is 5.84. The minimum Gasteiger partial charge on any atom is -0.395 e. The van der Waals surface area contributed by atoms with E-state index in [1.807, 2.05) is 4.90 Å². The summed E-state index contributed by atoms with van der Waals surface area (Å²) >= 11 is 0. The van der Waals surface area contributed by atoms with Crippen molar-refractivity contribution in [3.05, 3.63) is 12.2 Å². The second-order valence-electron chi connectivity index (χ2n) is 7.11. The third kappa shape index (κ3) is 3.12. The van der Waals surface area contributed by atoms with Crippen molar-refractivity contribution in [2.24, 2.45) is 5.41 Å². The van der Waals surface area contributed by atoms with Crippen LogP contribution < -0.4 is 0 Å². The van der Waals surface area contributed by atoms with Gasteiger partial charge < -0.3 is 14.6 Å². The maximum atomic E-state index is 12.8. The molecular weight excluding hydrogens is 294 g/mol. The van der Waals surface area contributed by atoms with Crippen LogP contribution in [0.3, 0.4) is 0 Å². The molecule has 7 heteroatoms. The molecule has 0 aliphatic carbocycles. The van der Waals surface area contributed by atoms with Gasteiger partial charge >= 0.3 is 0 Å². The zero-order chi connectivity index (χ0) is 16.4. The third-order valence-corrected chi connectivity index (χ3v) is 5.20. The van der Waals surface area contributed by atoms with E-state index >= 15 is 0 Å². The zero-order valence-electron chi connectivity index (χ0n) is 14.1. The van der Waals surface area contributed by atoms with Gasteiger partial charge in [-0.15, -0.1) is 10.2 Å². The number of piperidine rings is 1. The molecule has 23 heavy (non-hydrogen) atoms. The van der Waals surface area contributed by atoms with Crippen molar-refractivity contribution in [1.82, 2.24) is 24.6 Å². The van der Waals surface area contributed by atoms with Crippen LogP contribution in [0.5, 0.6) is 0 Å². The molecule has 2 saturated heterocycles. The molecule has 1 N–H and O–H groups in total. The monoisotopic (exact) mass is 321 g/mol. The molecule has 1 aromatic heterocycles. The number of likely N-dealkylation sites (tertiary alicyclic amines) is 2. The fourth-order valence-electron chi connectivity index (χ4n) is 3.97. The van der Waals surface area contributed by atoms with Gasteiger partial charge in [0.15, 0.2) is 0 Å². The lowest BCUT2D eigenvalue weighted by Crippen LogP contribution is -2.50. The normalized spacial score (nSPS) is 25.9. The molecule has 0 bridgehead atoms. The maximum absolute atomic E-state index is 12.8. The van der Waals surface area contributed by atoms with Crippen LogP contribution >= 0.6 is 0 Å². The quantitative estimate of drug-likeness (QED) is 0.862. The maximum Gasteiger partial charge on any atom is 0.230 e. The van der Waals surface area contributed by atoms with Crippen molar-refractivity contribution in [1.29, 1.82) is 0 Å². The molecule has 1 spiro atoms. The second-order valence-corrected chi connectivity index (χ2v) is 7.11. The van der Waals surface area contributed by atoms with Crippen LogP contribution in [0.1, 0.15) is 45.0 Å². The number of β-amino-alcohol motifs (C(OH)–C–C–N with tert-alkyl or cyclic N) is 1. The minimum atomic E-state index is -0.254. The Kier molecular flexibility index (Phi) is 4.68. The molecule has 0 aromatic carbocycles. The zero-order valence-corrected chi connectivity index (χ0v) is 14.1. The van der Waals surface area contributed by atoms with Gasteiger partial charge in [-0.05, 0) is 39.7 Å². The number of aromatic nitrogens is 3. The number of hydrogen-bond donors (Lipinski definition) is 1. The topological polar surface area (TPSA) is 74.5 Å². The highest BCUT2D eigenvalue weighted by atomic mass is 16.3. The van der Waals surface area contributed by atoms with Crippen LogP contribution in [0.15, 0.2) is 6.33 Å². The Balaban J connectivity index is 1.68. The van der Waals surface area contributed by atoms with Gasteiger partial charge in [-0.3, -0.25) is 9.69 Å². The molecule has 1 amide bonds. The van der Waals surface area contributed by atoms with E-state index in [0.29, 0.717) is 12.6 Å². The molecule has 2 aliphatic rings. The summed E-state index contributed by atoms with van der Waals surface area (Å²) in [6.45, 7) is 7.98. The molecule has 2 aliphatic heterocycles. The lowest BCUT2D eigenvalue weighted by Gasteiger charge is -2.39. The van der Waals surface area contributed by atoms with Crippen LogP contribution in [-0.2, 0) is 11.3 Å². The predicted octanol–water partition coefficient (Wildman–Crippen LogP) is 0.666. The Bertz CT molecular complexity index is 556. The van der Waals surface area contributed by atoms with E-state index in [4.69, 9.17) is 5.11 Å². The Labute approximate surface area is 137 Å². The lowest BCUT2D eigenvalue weighted by atomic mass is 9.78. The molecule has 2 fully saturated rings. The van der Waals surface area contributed by atoms with E-state index < -0.39 is 0 Å². The smallest absolute Gasteiger partial charge is 0.230 e. The Morgan fingerprint density at radius 2 is 2.17 bits per heavy atom. The van der Waals surface area contributed by atoms with Crippen molar-refractivity contribution in [3.8, 4) is 0 Å². The summed E-state index contributed by atoms with van der Waals surface area (Å²) in [7, 11) is 0. The van der Waals surface area contributed by atoms with E-state index in [9.17, 15) is 4.79 Å². The van der Waals surface area contributed by atoms with Gasteiger partial charge in [-0.2, -0.15) is 0 Å². The highest BCUT2D eigenvalue weighted by Crippen LogP contribution is 2.40. The lowest BCUT2D eigenvalue weighted by molar-refractivity contribution is -0.146. The number of rotatable bonds is 5. The van der Waals surface area contributed by atoms with Gasteiger partial charge in [0.1, 0.15) is 12.2 Å². The fraction of sp³-hybridized carbons (Fsp3) is 0.812. The molecule has 7 nitrogen and oxygen atoms in total. The average Bonchev–Trinajstić information content (AvgIpc) is 3.13. The van der Waals surface area contributed by atoms with Crippen molar-refractivity contribution >= 4 is 5.91 Å². The van der Waals surface area contributed by atoms with Crippen LogP contribution in [-0.4, -0.2) is 68.4 Å². The Morgan fingerprint density at radius 1 is 1.35 bits per heavy atom. The first-order valence-electron chi connectivity index (χ1n) is 8.57. The molecule has 3 heterocycles. The number of aliphatic hydroxyl groups excluding tert-OH is 1. The minimum absolute atomic E-state index is 0.0447. The van der Waals surface area contributed by atoms with Gasteiger partial charge in [-0.25, -0.2) is 0 Å². The predicted molar refractivity (Wildman–Crippen MR) is 85.6 cm³/mol. The van der Waals surface area contributed by atoms with E-state index in [0.717, 1.165) is 51.3 Å². The second kappa shape index (κ2) is 6.57. The number of carbonyl (C=O) groups excluding carboxylic acids is 1. The number of carbonyl (C=O) groups is 1. The summed E-state index contributed by atoms with van der Waals surface area (Å²) in [6, 6.07) is 0.341. The van der Waals surface area contributed by atoms with Crippen molar-refractivity contribution < 1.29 is 9.90 Å². The van der Waals surface area contributed by atoms with Gasteiger partial charge in [0.2, 0.25) is 5.91 Å². The number of nitrogens with zero attached hydrogens (tertiary/aromatic N) is 5. The summed E-state index contributed by atoms with van der Waals surface area (Å²) in [6.07, 6.45) is 4.67. The van der Waals surface area contributed by atoms with E-state index in [1.54, 1.807) is 6.33 Å². The SMILES string of the molecule is CC(C)n1cnnc1CN1CC[C@@]2(CCCN(CCO)C2=O)C1. The molecule has 0 saturated carbocycles. The van der Waals surface area contributed by atoms with Crippen LogP contribution in [0.4, 0.5) is 0 Å². The summed E-state index contributed by atoms with van der Waals surface area (Å²) in [5.74, 6) is 1.19. The molecule has 1 atom stereocenters.